The lowest BCUT2D eigenvalue weighted by molar-refractivity contribution is -0.137. The first kappa shape index (κ1) is 23.1. The quantitative estimate of drug-likeness (QED) is 0.531. The highest BCUT2D eigenvalue weighted by molar-refractivity contribution is 7.92. The van der Waals surface area contributed by atoms with Crippen molar-refractivity contribution < 1.29 is 36.2 Å². The van der Waals surface area contributed by atoms with Crippen LogP contribution in [-0.2, 0) is 16.2 Å². The molecule has 3 rings (SSSR count). The van der Waals surface area contributed by atoms with Gasteiger partial charge in [-0.05, 0) is 48.4 Å². The number of thiazole rings is 1. The molecule has 0 amide bonds. The predicted molar refractivity (Wildman–Crippen MR) is 110 cm³/mol. The number of rotatable bonds is 5. The van der Waals surface area contributed by atoms with Crippen molar-refractivity contribution >= 4 is 33.0 Å². The average Bonchev–Trinajstić information content (AvgIpc) is 3.22. The lowest BCUT2D eigenvalue weighted by Crippen LogP contribution is -2.14. The summed E-state index contributed by atoms with van der Waals surface area (Å²) in [5.41, 5.74) is -0.565. The number of carbonyl (C=O) groups is 1. The van der Waals surface area contributed by atoms with E-state index in [2.05, 4.69) is 21.5 Å². The number of anilines is 1. The lowest BCUT2D eigenvalue weighted by Gasteiger charge is -2.11. The van der Waals surface area contributed by atoms with Gasteiger partial charge >= 0.3 is 12.1 Å². The van der Waals surface area contributed by atoms with Gasteiger partial charge in [0.1, 0.15) is 5.75 Å². The Morgan fingerprint density at radius 2 is 1.84 bits per heavy atom. The minimum atomic E-state index is -4.45. The van der Waals surface area contributed by atoms with Gasteiger partial charge in [0, 0.05) is 10.9 Å². The maximum atomic E-state index is 12.6. The van der Waals surface area contributed by atoms with Crippen molar-refractivity contribution in [3.05, 3.63) is 69.5 Å². The SMILES string of the molecule is COc1cc(C(=O)O)ccc1NS(=O)(=O)c1csc(C#Cc2ccc(C(F)(F)F)cc2)n1. The van der Waals surface area contributed by atoms with Gasteiger partial charge in [-0.3, -0.25) is 4.72 Å². The number of ether oxygens (including phenoxy) is 1. The molecular formula is C20H13F3N2O5S2. The second-order valence-corrected chi connectivity index (χ2v) is 8.63. The Balaban J connectivity index is 1.79. The van der Waals surface area contributed by atoms with E-state index in [0.29, 0.717) is 5.56 Å². The molecule has 12 heteroatoms. The molecule has 0 unspecified atom stereocenters. The fourth-order valence-electron chi connectivity index (χ4n) is 2.41. The Morgan fingerprint density at radius 1 is 1.16 bits per heavy atom. The normalized spacial score (nSPS) is 11.4. The van der Waals surface area contributed by atoms with Crippen LogP contribution in [0.5, 0.6) is 5.75 Å². The Labute approximate surface area is 184 Å². The van der Waals surface area contributed by atoms with Crippen molar-refractivity contribution in [1.82, 2.24) is 4.98 Å². The summed E-state index contributed by atoms with van der Waals surface area (Å²) in [6, 6.07) is 7.83. The van der Waals surface area contributed by atoms with E-state index < -0.39 is 27.7 Å². The molecule has 0 fully saturated rings. The number of hydrogen-bond donors (Lipinski definition) is 2. The fourth-order valence-corrected chi connectivity index (χ4v) is 4.42. The Hall–Kier alpha value is -3.56. The van der Waals surface area contributed by atoms with Crippen LogP contribution in [0.4, 0.5) is 18.9 Å². The number of aromatic carboxylic acids is 1. The fraction of sp³-hybridized carbons (Fsp3) is 0.100. The first-order valence-corrected chi connectivity index (χ1v) is 10.9. The van der Waals surface area contributed by atoms with Crippen LogP contribution in [-0.4, -0.2) is 31.6 Å². The van der Waals surface area contributed by atoms with Gasteiger partial charge < -0.3 is 9.84 Å². The maximum absolute atomic E-state index is 12.6. The summed E-state index contributed by atoms with van der Waals surface area (Å²) in [6.45, 7) is 0. The predicted octanol–water partition coefficient (Wildman–Crippen LogP) is 4.07. The molecule has 166 valence electrons. The van der Waals surface area contributed by atoms with E-state index in [9.17, 15) is 26.4 Å². The van der Waals surface area contributed by atoms with E-state index in [0.717, 1.165) is 23.5 Å². The van der Waals surface area contributed by atoms with Gasteiger partial charge in [0.25, 0.3) is 10.0 Å². The highest BCUT2D eigenvalue weighted by Gasteiger charge is 2.29. The molecule has 2 N–H and O–H groups in total. The number of benzene rings is 2. The highest BCUT2D eigenvalue weighted by atomic mass is 32.2. The van der Waals surface area contributed by atoms with Gasteiger partial charge in [0.05, 0.1) is 23.9 Å². The van der Waals surface area contributed by atoms with Crippen LogP contribution in [0.25, 0.3) is 0 Å². The molecule has 7 nitrogen and oxygen atoms in total. The van der Waals surface area contributed by atoms with Crippen molar-refractivity contribution in [1.29, 1.82) is 0 Å². The summed E-state index contributed by atoms with van der Waals surface area (Å²) < 4.78 is 70.3. The number of nitrogens with zero attached hydrogens (tertiary/aromatic N) is 1. The lowest BCUT2D eigenvalue weighted by atomic mass is 10.1. The Kier molecular flexibility index (Phi) is 6.42. The molecule has 1 aromatic heterocycles. The van der Waals surface area contributed by atoms with E-state index in [1.807, 2.05) is 0 Å². The molecule has 0 atom stereocenters. The Morgan fingerprint density at radius 3 is 2.44 bits per heavy atom. The number of sulfonamides is 1. The molecule has 0 aliphatic rings. The van der Waals surface area contributed by atoms with Crippen molar-refractivity contribution in [3.63, 3.8) is 0 Å². The highest BCUT2D eigenvalue weighted by Crippen LogP contribution is 2.30. The summed E-state index contributed by atoms with van der Waals surface area (Å²) in [4.78, 5) is 15.0. The van der Waals surface area contributed by atoms with Gasteiger partial charge in [-0.2, -0.15) is 21.6 Å². The molecular weight excluding hydrogens is 469 g/mol. The van der Waals surface area contributed by atoms with Gasteiger partial charge in [0.2, 0.25) is 0 Å². The van der Waals surface area contributed by atoms with Crippen LogP contribution in [0.1, 0.15) is 26.5 Å². The second-order valence-electron chi connectivity index (χ2n) is 6.14. The van der Waals surface area contributed by atoms with Gasteiger partial charge in [-0.25, -0.2) is 9.78 Å². The number of nitrogens with one attached hydrogen (secondary N) is 1. The van der Waals surface area contributed by atoms with E-state index in [1.165, 1.54) is 42.8 Å². The first-order chi connectivity index (χ1) is 15.0. The zero-order valence-electron chi connectivity index (χ0n) is 16.1. The number of hydrogen-bond acceptors (Lipinski definition) is 6. The third-order valence-electron chi connectivity index (χ3n) is 3.98. The molecule has 0 spiro atoms. The smallest absolute Gasteiger partial charge is 0.416 e. The summed E-state index contributed by atoms with van der Waals surface area (Å²) in [5.74, 6) is 4.05. The second kappa shape index (κ2) is 8.89. The summed E-state index contributed by atoms with van der Waals surface area (Å²) in [7, 11) is -2.87. The van der Waals surface area contributed by atoms with E-state index in [1.54, 1.807) is 0 Å². The molecule has 3 aromatic rings. The molecule has 0 saturated carbocycles. The molecule has 0 aliphatic heterocycles. The first-order valence-electron chi connectivity index (χ1n) is 8.58. The van der Waals surface area contributed by atoms with Gasteiger partial charge in [-0.1, -0.05) is 5.92 Å². The van der Waals surface area contributed by atoms with Crippen LogP contribution < -0.4 is 9.46 Å². The van der Waals surface area contributed by atoms with Crippen molar-refractivity contribution in [2.24, 2.45) is 0 Å². The number of methoxy groups -OCH3 is 1. The maximum Gasteiger partial charge on any atom is 0.416 e. The molecule has 2 aromatic carbocycles. The Bertz CT molecular complexity index is 1320. The van der Waals surface area contributed by atoms with E-state index in [4.69, 9.17) is 9.84 Å². The molecule has 0 saturated heterocycles. The minimum Gasteiger partial charge on any atom is -0.495 e. The van der Waals surface area contributed by atoms with Crippen LogP contribution in [0, 0.1) is 11.8 Å². The minimum absolute atomic E-state index is 0.00558. The van der Waals surface area contributed by atoms with Gasteiger partial charge in [-0.15, -0.1) is 11.3 Å². The third-order valence-corrected chi connectivity index (χ3v) is 6.13. The number of carboxylic acid groups (broad SMARTS) is 1. The molecule has 0 aliphatic carbocycles. The molecule has 32 heavy (non-hydrogen) atoms. The molecule has 0 radical (unpaired) electrons. The molecule has 1 heterocycles. The van der Waals surface area contributed by atoms with Crippen LogP contribution >= 0.6 is 11.3 Å². The zero-order valence-corrected chi connectivity index (χ0v) is 17.7. The van der Waals surface area contributed by atoms with Crippen molar-refractivity contribution in [3.8, 4) is 17.6 Å². The number of carboxylic acids is 1. The van der Waals surface area contributed by atoms with E-state index in [-0.39, 0.29) is 27.0 Å². The third kappa shape index (κ3) is 5.37. The zero-order chi connectivity index (χ0) is 23.5. The van der Waals surface area contributed by atoms with Crippen molar-refractivity contribution in [2.75, 3.05) is 11.8 Å². The number of alkyl halides is 3. The van der Waals surface area contributed by atoms with Crippen LogP contribution in [0.3, 0.4) is 0 Å². The van der Waals surface area contributed by atoms with E-state index >= 15 is 0 Å². The number of aromatic nitrogens is 1. The largest absolute Gasteiger partial charge is 0.495 e. The summed E-state index contributed by atoms with van der Waals surface area (Å²) >= 11 is 0.937. The summed E-state index contributed by atoms with van der Waals surface area (Å²) in [6.07, 6.45) is -4.45. The monoisotopic (exact) mass is 482 g/mol. The van der Waals surface area contributed by atoms with Gasteiger partial charge in [0.15, 0.2) is 10.0 Å². The average molecular weight is 482 g/mol. The van der Waals surface area contributed by atoms with Crippen molar-refractivity contribution in [2.45, 2.75) is 11.2 Å². The van der Waals surface area contributed by atoms with Crippen LogP contribution in [0.15, 0.2) is 52.9 Å². The topological polar surface area (TPSA) is 106 Å². The van der Waals surface area contributed by atoms with Crippen LogP contribution in [0.2, 0.25) is 0 Å². The standard InChI is InChI=1S/C20H13F3N2O5S2/c1-30-16-10-13(19(26)27)5-8-15(16)25-32(28,29)18-11-31-17(24-18)9-4-12-2-6-14(7-3-12)20(21,22)23/h2-3,5-8,10-11,25H,1H3,(H,26,27). The molecule has 0 bridgehead atoms. The number of halogens is 3. The summed E-state index contributed by atoms with van der Waals surface area (Å²) in [5, 5.41) is 10.1.